The predicted molar refractivity (Wildman–Crippen MR) is 67.1 cm³/mol. The highest BCUT2D eigenvalue weighted by Crippen LogP contribution is 2.25. The Kier molecular flexibility index (Phi) is 4.12. The number of hydrogen-bond acceptors (Lipinski definition) is 5. The molecule has 0 amide bonds. The molecule has 0 radical (unpaired) electrons. The average Bonchev–Trinajstić information content (AvgIpc) is 2.70. The van der Waals surface area contributed by atoms with Crippen molar-refractivity contribution in [2.24, 2.45) is 0 Å². The SMILES string of the molecule is CCCN1CCc2nc(CC(=O)OC)sc2C1. The first-order chi connectivity index (χ1) is 8.22. The fourth-order valence-electron chi connectivity index (χ4n) is 2.08. The van der Waals surface area contributed by atoms with E-state index in [-0.39, 0.29) is 5.97 Å². The molecule has 0 aliphatic carbocycles. The van der Waals surface area contributed by atoms with E-state index in [0.29, 0.717) is 6.42 Å². The van der Waals surface area contributed by atoms with Gasteiger partial charge in [0, 0.05) is 24.4 Å². The Morgan fingerprint density at radius 2 is 2.41 bits per heavy atom. The van der Waals surface area contributed by atoms with E-state index in [2.05, 4.69) is 21.5 Å². The van der Waals surface area contributed by atoms with Gasteiger partial charge in [0.25, 0.3) is 0 Å². The molecule has 17 heavy (non-hydrogen) atoms. The van der Waals surface area contributed by atoms with E-state index in [1.54, 1.807) is 11.3 Å². The van der Waals surface area contributed by atoms with Crippen molar-refractivity contribution in [2.45, 2.75) is 32.7 Å². The molecule has 0 saturated carbocycles. The van der Waals surface area contributed by atoms with Crippen LogP contribution >= 0.6 is 11.3 Å². The number of aromatic nitrogens is 1. The first-order valence-corrected chi connectivity index (χ1v) is 6.81. The molecular formula is C12H18N2O2S. The summed E-state index contributed by atoms with van der Waals surface area (Å²) in [5.74, 6) is -0.207. The number of nitrogens with zero attached hydrogens (tertiary/aromatic N) is 2. The zero-order valence-corrected chi connectivity index (χ0v) is 11.2. The standard InChI is InChI=1S/C12H18N2O2S/c1-3-5-14-6-4-9-10(8-14)17-11(13-9)7-12(15)16-2/h3-8H2,1-2H3. The van der Waals surface area contributed by atoms with Gasteiger partial charge in [-0.1, -0.05) is 6.92 Å². The Morgan fingerprint density at radius 1 is 1.59 bits per heavy atom. The summed E-state index contributed by atoms with van der Waals surface area (Å²) in [5, 5.41) is 0.889. The second kappa shape index (κ2) is 5.60. The van der Waals surface area contributed by atoms with Gasteiger partial charge in [-0.3, -0.25) is 9.69 Å². The van der Waals surface area contributed by atoms with E-state index in [4.69, 9.17) is 0 Å². The lowest BCUT2D eigenvalue weighted by atomic mass is 10.2. The Balaban J connectivity index is 2.04. The molecule has 0 N–H and O–H groups in total. The molecule has 4 nitrogen and oxygen atoms in total. The quantitative estimate of drug-likeness (QED) is 0.766. The van der Waals surface area contributed by atoms with Gasteiger partial charge in [-0.2, -0.15) is 0 Å². The highest BCUT2D eigenvalue weighted by molar-refractivity contribution is 7.11. The van der Waals surface area contributed by atoms with Crippen molar-refractivity contribution in [3.63, 3.8) is 0 Å². The van der Waals surface area contributed by atoms with E-state index < -0.39 is 0 Å². The summed E-state index contributed by atoms with van der Waals surface area (Å²) in [6.07, 6.45) is 2.50. The van der Waals surface area contributed by atoms with E-state index >= 15 is 0 Å². The third-order valence-corrected chi connectivity index (χ3v) is 4.00. The second-order valence-corrected chi connectivity index (χ2v) is 5.42. The average molecular weight is 254 g/mol. The van der Waals surface area contributed by atoms with Crippen LogP contribution in [0.25, 0.3) is 0 Å². The minimum atomic E-state index is -0.207. The van der Waals surface area contributed by atoms with Gasteiger partial charge in [0.15, 0.2) is 0 Å². The van der Waals surface area contributed by atoms with Crippen molar-refractivity contribution in [3.05, 3.63) is 15.6 Å². The van der Waals surface area contributed by atoms with Crippen molar-refractivity contribution in [3.8, 4) is 0 Å². The topological polar surface area (TPSA) is 42.4 Å². The van der Waals surface area contributed by atoms with Crippen molar-refractivity contribution in [2.75, 3.05) is 20.2 Å². The van der Waals surface area contributed by atoms with Crippen LogP contribution in [0, 0.1) is 0 Å². The van der Waals surface area contributed by atoms with Crippen molar-refractivity contribution < 1.29 is 9.53 Å². The monoisotopic (exact) mass is 254 g/mol. The molecule has 2 rings (SSSR count). The normalized spacial score (nSPS) is 15.6. The molecule has 5 heteroatoms. The number of esters is 1. The number of hydrogen-bond donors (Lipinski definition) is 0. The molecule has 94 valence electrons. The first-order valence-electron chi connectivity index (χ1n) is 5.99. The van der Waals surface area contributed by atoms with Gasteiger partial charge in [0.1, 0.15) is 5.01 Å². The molecule has 1 aromatic heterocycles. The zero-order chi connectivity index (χ0) is 12.3. The lowest BCUT2D eigenvalue weighted by Crippen LogP contribution is -2.30. The van der Waals surface area contributed by atoms with Crippen molar-refractivity contribution in [1.29, 1.82) is 0 Å². The first kappa shape index (κ1) is 12.5. The second-order valence-electron chi connectivity index (χ2n) is 4.26. The Bertz CT molecular complexity index is 403. The molecule has 1 aliphatic rings. The molecule has 1 aromatic rings. The number of methoxy groups -OCH3 is 1. The summed E-state index contributed by atoms with van der Waals surface area (Å²) in [7, 11) is 1.42. The maximum absolute atomic E-state index is 11.2. The number of thiazole rings is 1. The number of fused-ring (bicyclic) bond motifs is 1. The molecule has 0 spiro atoms. The lowest BCUT2D eigenvalue weighted by Gasteiger charge is -2.25. The number of ether oxygens (including phenoxy) is 1. The van der Waals surface area contributed by atoms with Crippen LogP contribution in [0.15, 0.2) is 0 Å². The Hall–Kier alpha value is -0.940. The molecule has 0 aromatic carbocycles. The fourth-order valence-corrected chi connectivity index (χ4v) is 3.22. The van der Waals surface area contributed by atoms with E-state index in [1.165, 1.54) is 24.1 Å². The highest BCUT2D eigenvalue weighted by Gasteiger charge is 2.20. The van der Waals surface area contributed by atoms with Gasteiger partial charge in [0.2, 0.25) is 0 Å². The van der Waals surface area contributed by atoms with Crippen LogP contribution in [0.2, 0.25) is 0 Å². The number of rotatable bonds is 4. The van der Waals surface area contributed by atoms with Gasteiger partial charge in [0.05, 0.1) is 19.2 Å². The molecule has 2 heterocycles. The van der Waals surface area contributed by atoms with Gasteiger partial charge >= 0.3 is 5.97 Å². The minimum absolute atomic E-state index is 0.207. The fraction of sp³-hybridized carbons (Fsp3) is 0.667. The van der Waals surface area contributed by atoms with Crippen LogP contribution in [0.5, 0.6) is 0 Å². The van der Waals surface area contributed by atoms with Gasteiger partial charge < -0.3 is 4.74 Å². The van der Waals surface area contributed by atoms with Crippen molar-refractivity contribution >= 4 is 17.3 Å². The summed E-state index contributed by atoms with van der Waals surface area (Å²) in [6.45, 7) is 5.42. The lowest BCUT2D eigenvalue weighted by molar-refractivity contribution is -0.139. The minimum Gasteiger partial charge on any atom is -0.469 e. The van der Waals surface area contributed by atoms with E-state index in [0.717, 1.165) is 31.1 Å². The summed E-state index contributed by atoms with van der Waals surface area (Å²) >= 11 is 1.66. The smallest absolute Gasteiger partial charge is 0.312 e. The highest BCUT2D eigenvalue weighted by atomic mass is 32.1. The van der Waals surface area contributed by atoms with Crippen molar-refractivity contribution in [1.82, 2.24) is 9.88 Å². The molecule has 1 aliphatic heterocycles. The zero-order valence-electron chi connectivity index (χ0n) is 10.4. The largest absolute Gasteiger partial charge is 0.469 e. The molecule has 0 fully saturated rings. The van der Waals surface area contributed by atoms with Crippen LogP contribution in [0.1, 0.15) is 28.9 Å². The predicted octanol–water partition coefficient (Wildman–Crippen LogP) is 1.63. The Labute approximate surface area is 106 Å². The molecule has 0 unspecified atom stereocenters. The van der Waals surface area contributed by atoms with Crippen LogP contribution in [-0.4, -0.2) is 36.1 Å². The number of carbonyl (C=O) groups excluding carboxylic acids is 1. The summed E-state index contributed by atoms with van der Waals surface area (Å²) < 4.78 is 4.66. The molecule has 0 bridgehead atoms. The van der Waals surface area contributed by atoms with Gasteiger partial charge in [-0.15, -0.1) is 11.3 Å². The third kappa shape index (κ3) is 3.04. The molecular weight excluding hydrogens is 236 g/mol. The van der Waals surface area contributed by atoms with E-state index in [9.17, 15) is 4.79 Å². The summed E-state index contributed by atoms with van der Waals surface area (Å²) in [5.41, 5.74) is 1.18. The van der Waals surface area contributed by atoms with Crippen LogP contribution in [0.3, 0.4) is 0 Å². The Morgan fingerprint density at radius 3 is 3.12 bits per heavy atom. The van der Waals surface area contributed by atoms with E-state index in [1.807, 2.05) is 0 Å². The third-order valence-electron chi connectivity index (χ3n) is 2.92. The maximum atomic E-state index is 11.2. The maximum Gasteiger partial charge on any atom is 0.312 e. The van der Waals surface area contributed by atoms with Gasteiger partial charge in [-0.25, -0.2) is 4.98 Å². The van der Waals surface area contributed by atoms with Crippen LogP contribution in [-0.2, 0) is 28.9 Å². The molecule has 0 atom stereocenters. The van der Waals surface area contributed by atoms with Crippen LogP contribution < -0.4 is 0 Å². The van der Waals surface area contributed by atoms with Gasteiger partial charge in [-0.05, 0) is 13.0 Å². The van der Waals surface area contributed by atoms with Crippen LogP contribution in [0.4, 0.5) is 0 Å². The number of carbonyl (C=O) groups is 1. The molecule has 0 saturated heterocycles. The summed E-state index contributed by atoms with van der Waals surface area (Å²) in [4.78, 5) is 19.5. The summed E-state index contributed by atoms with van der Waals surface area (Å²) in [6, 6.07) is 0.